The number of halogens is 1. The third-order valence-electron chi connectivity index (χ3n) is 1.91. The van der Waals surface area contributed by atoms with Crippen LogP contribution in [0.1, 0.15) is 19.3 Å². The molecule has 0 saturated carbocycles. The Morgan fingerprint density at radius 3 is 2.46 bits per heavy atom. The fourth-order valence-corrected chi connectivity index (χ4v) is 1.58. The third-order valence-corrected chi connectivity index (χ3v) is 2.47. The van der Waals surface area contributed by atoms with Crippen molar-refractivity contribution < 1.29 is 0 Å². The highest BCUT2D eigenvalue weighted by molar-refractivity contribution is 9.09. The van der Waals surface area contributed by atoms with Gasteiger partial charge in [0.25, 0.3) is 0 Å². The van der Waals surface area contributed by atoms with E-state index in [0.29, 0.717) is 0 Å². The van der Waals surface area contributed by atoms with Crippen LogP contribution in [0.15, 0.2) is 30.3 Å². The minimum atomic E-state index is 1.08. The van der Waals surface area contributed by atoms with Gasteiger partial charge in [0.1, 0.15) is 0 Å². The molecule has 1 nitrogen and oxygen atoms in total. The molecule has 0 saturated heterocycles. The predicted octanol–water partition coefficient (Wildman–Crippen LogP) is 3.66. The average Bonchev–Trinajstić information content (AvgIpc) is 2.19. The minimum Gasteiger partial charge on any atom is -0.385 e. The number of nitrogens with one attached hydrogen (secondary N) is 1. The van der Waals surface area contributed by atoms with Gasteiger partial charge in [0.15, 0.2) is 0 Å². The molecule has 1 aromatic carbocycles. The Kier molecular flexibility index (Phi) is 5.66. The second kappa shape index (κ2) is 6.96. The Bertz CT molecular complexity index is 211. The second-order valence-corrected chi connectivity index (χ2v) is 3.84. The Hall–Kier alpha value is -0.500. The number of benzene rings is 1. The van der Waals surface area contributed by atoms with E-state index in [-0.39, 0.29) is 0 Å². The van der Waals surface area contributed by atoms with Gasteiger partial charge in [-0.3, -0.25) is 0 Å². The number of hydrogen-bond donors (Lipinski definition) is 1. The van der Waals surface area contributed by atoms with Gasteiger partial charge in [0, 0.05) is 17.6 Å². The van der Waals surface area contributed by atoms with Crippen molar-refractivity contribution in [3.63, 3.8) is 0 Å². The maximum atomic E-state index is 3.43. The van der Waals surface area contributed by atoms with E-state index in [2.05, 4.69) is 45.5 Å². The van der Waals surface area contributed by atoms with Crippen molar-refractivity contribution in [2.45, 2.75) is 19.3 Å². The zero-order valence-corrected chi connectivity index (χ0v) is 9.39. The summed E-state index contributed by atoms with van der Waals surface area (Å²) in [5.41, 5.74) is 1.22. The zero-order valence-electron chi connectivity index (χ0n) is 7.80. The van der Waals surface area contributed by atoms with Crippen molar-refractivity contribution in [2.75, 3.05) is 17.2 Å². The Morgan fingerprint density at radius 2 is 1.77 bits per heavy atom. The molecule has 0 spiro atoms. The molecule has 13 heavy (non-hydrogen) atoms. The fourth-order valence-electron chi connectivity index (χ4n) is 1.18. The molecular formula is C11H16BrN. The highest BCUT2D eigenvalue weighted by Crippen LogP contribution is 2.05. The van der Waals surface area contributed by atoms with E-state index in [4.69, 9.17) is 0 Å². The van der Waals surface area contributed by atoms with E-state index in [0.717, 1.165) is 11.9 Å². The number of rotatable bonds is 6. The van der Waals surface area contributed by atoms with E-state index >= 15 is 0 Å². The molecule has 0 atom stereocenters. The van der Waals surface area contributed by atoms with Gasteiger partial charge in [-0.2, -0.15) is 0 Å². The van der Waals surface area contributed by atoms with Crippen LogP contribution >= 0.6 is 15.9 Å². The van der Waals surface area contributed by atoms with Crippen LogP contribution in [0.3, 0.4) is 0 Å². The smallest absolute Gasteiger partial charge is 0.0340 e. The van der Waals surface area contributed by atoms with Crippen LogP contribution in [0.4, 0.5) is 5.69 Å². The van der Waals surface area contributed by atoms with Gasteiger partial charge >= 0.3 is 0 Å². The van der Waals surface area contributed by atoms with Crippen molar-refractivity contribution in [3.8, 4) is 0 Å². The van der Waals surface area contributed by atoms with Gasteiger partial charge in [-0.15, -0.1) is 0 Å². The molecule has 0 aliphatic carbocycles. The van der Waals surface area contributed by atoms with Crippen LogP contribution in [0.5, 0.6) is 0 Å². The van der Waals surface area contributed by atoms with Crippen molar-refractivity contribution in [1.29, 1.82) is 0 Å². The zero-order chi connectivity index (χ0) is 9.36. The van der Waals surface area contributed by atoms with E-state index in [9.17, 15) is 0 Å². The summed E-state index contributed by atoms with van der Waals surface area (Å²) >= 11 is 3.43. The molecule has 0 heterocycles. The molecule has 0 amide bonds. The second-order valence-electron chi connectivity index (χ2n) is 3.04. The maximum absolute atomic E-state index is 3.43. The molecule has 2 heteroatoms. The molecule has 0 aliphatic heterocycles. The number of anilines is 1. The normalized spacial score (nSPS) is 9.92. The summed E-state index contributed by atoms with van der Waals surface area (Å²) in [4.78, 5) is 0. The van der Waals surface area contributed by atoms with Crippen molar-refractivity contribution in [1.82, 2.24) is 0 Å². The topological polar surface area (TPSA) is 12.0 Å². The monoisotopic (exact) mass is 241 g/mol. The molecule has 1 rings (SSSR count). The van der Waals surface area contributed by atoms with Crippen molar-refractivity contribution in [3.05, 3.63) is 30.3 Å². The van der Waals surface area contributed by atoms with Crippen LogP contribution in [0, 0.1) is 0 Å². The van der Waals surface area contributed by atoms with Gasteiger partial charge in [0.05, 0.1) is 0 Å². The summed E-state index contributed by atoms with van der Waals surface area (Å²) in [7, 11) is 0. The lowest BCUT2D eigenvalue weighted by molar-refractivity contribution is 0.752. The first-order valence-electron chi connectivity index (χ1n) is 4.78. The first kappa shape index (κ1) is 10.6. The molecule has 0 aliphatic rings. The summed E-state index contributed by atoms with van der Waals surface area (Å²) in [5.74, 6) is 0. The van der Waals surface area contributed by atoms with Crippen LogP contribution in [0.25, 0.3) is 0 Å². The Morgan fingerprint density at radius 1 is 1.00 bits per heavy atom. The predicted molar refractivity (Wildman–Crippen MR) is 62.6 cm³/mol. The molecule has 0 unspecified atom stereocenters. The van der Waals surface area contributed by atoms with Crippen LogP contribution in [-0.2, 0) is 0 Å². The lowest BCUT2D eigenvalue weighted by Gasteiger charge is -2.04. The molecule has 1 N–H and O–H groups in total. The van der Waals surface area contributed by atoms with Gasteiger partial charge in [0.2, 0.25) is 0 Å². The summed E-state index contributed by atoms with van der Waals surface area (Å²) < 4.78 is 0. The van der Waals surface area contributed by atoms with Gasteiger partial charge in [-0.25, -0.2) is 0 Å². The lowest BCUT2D eigenvalue weighted by atomic mass is 10.2. The standard InChI is InChI=1S/C11H16BrN/c12-9-5-2-6-10-13-11-7-3-1-4-8-11/h1,3-4,7-8,13H,2,5-6,9-10H2. The van der Waals surface area contributed by atoms with Crippen LogP contribution in [-0.4, -0.2) is 11.9 Å². The molecule has 0 radical (unpaired) electrons. The largest absolute Gasteiger partial charge is 0.385 e. The third kappa shape index (κ3) is 4.94. The maximum Gasteiger partial charge on any atom is 0.0340 e. The average molecular weight is 242 g/mol. The quantitative estimate of drug-likeness (QED) is 0.592. The fraction of sp³-hybridized carbons (Fsp3) is 0.455. The highest BCUT2D eigenvalue weighted by Gasteiger charge is 1.89. The lowest BCUT2D eigenvalue weighted by Crippen LogP contribution is -2.00. The van der Waals surface area contributed by atoms with E-state index in [1.54, 1.807) is 0 Å². The van der Waals surface area contributed by atoms with Crippen molar-refractivity contribution in [2.24, 2.45) is 0 Å². The Labute approximate surface area is 88.7 Å². The summed E-state index contributed by atoms with van der Waals surface area (Å²) in [6, 6.07) is 10.4. The van der Waals surface area contributed by atoms with E-state index in [1.165, 1.54) is 24.9 Å². The number of hydrogen-bond acceptors (Lipinski definition) is 1. The molecule has 0 bridgehead atoms. The van der Waals surface area contributed by atoms with Crippen LogP contribution < -0.4 is 5.32 Å². The van der Waals surface area contributed by atoms with E-state index in [1.807, 2.05) is 6.07 Å². The van der Waals surface area contributed by atoms with Gasteiger partial charge in [-0.1, -0.05) is 40.5 Å². The molecule has 1 aromatic rings. The minimum absolute atomic E-state index is 1.08. The van der Waals surface area contributed by atoms with Crippen molar-refractivity contribution >= 4 is 21.6 Å². The number of alkyl halides is 1. The molecule has 0 fully saturated rings. The SMILES string of the molecule is BrCCCCCNc1ccccc1. The van der Waals surface area contributed by atoms with Gasteiger partial charge < -0.3 is 5.32 Å². The summed E-state index contributed by atoms with van der Waals surface area (Å²) in [6.45, 7) is 1.08. The van der Waals surface area contributed by atoms with Gasteiger partial charge in [-0.05, 0) is 25.0 Å². The first-order chi connectivity index (χ1) is 6.43. The Balaban J connectivity index is 2.07. The number of para-hydroxylation sites is 1. The molecule has 0 aromatic heterocycles. The molecular weight excluding hydrogens is 226 g/mol. The highest BCUT2D eigenvalue weighted by atomic mass is 79.9. The molecule has 72 valence electrons. The van der Waals surface area contributed by atoms with E-state index < -0.39 is 0 Å². The van der Waals surface area contributed by atoms with Crippen LogP contribution in [0.2, 0.25) is 0 Å². The summed E-state index contributed by atoms with van der Waals surface area (Å²) in [5, 5.41) is 4.51. The number of unbranched alkanes of at least 4 members (excludes halogenated alkanes) is 2. The first-order valence-corrected chi connectivity index (χ1v) is 5.90. The summed E-state index contributed by atoms with van der Waals surface area (Å²) in [6.07, 6.45) is 3.82.